The number of likely N-dealkylation sites (tertiary alicyclic amines) is 1. The van der Waals surface area contributed by atoms with Crippen LogP contribution in [0, 0.1) is 12.8 Å². The fourth-order valence-corrected chi connectivity index (χ4v) is 7.36. The fourth-order valence-electron chi connectivity index (χ4n) is 7.17. The second-order valence-electron chi connectivity index (χ2n) is 11.3. The number of carbonyl (C=O) groups excluding carboxylic acids is 1. The fraction of sp³-hybridized carbons (Fsp3) is 0.364. The van der Waals surface area contributed by atoms with Gasteiger partial charge in [-0.3, -0.25) is 4.79 Å². The summed E-state index contributed by atoms with van der Waals surface area (Å²) in [6.07, 6.45) is 9.73. The molecule has 0 aromatic heterocycles. The molecule has 6 rings (SSSR count). The maximum Gasteiger partial charge on any atom is 0.255 e. The summed E-state index contributed by atoms with van der Waals surface area (Å²) in [5.41, 5.74) is 7.16. The number of piperidine rings is 1. The van der Waals surface area contributed by atoms with E-state index in [1.54, 1.807) is 12.1 Å². The molecule has 190 valence electrons. The zero-order valence-corrected chi connectivity index (χ0v) is 22.5. The molecule has 4 heteroatoms. The Morgan fingerprint density at radius 2 is 1.92 bits per heavy atom. The van der Waals surface area contributed by atoms with E-state index in [1.807, 2.05) is 24.3 Å². The number of carbonyl (C=O) groups is 1. The molecule has 1 heterocycles. The van der Waals surface area contributed by atoms with Crippen LogP contribution in [0.2, 0.25) is 5.02 Å². The lowest BCUT2D eigenvalue weighted by atomic mass is 9.68. The standard InChI is InChI=1S/C33H35ClN2O/c1-22-18-26(32(37)35-28-8-5-7-27(34)20-28)11-13-30(22)25-10-12-29(19-25)36-17-16-33(23(2)21-36)15-14-24-6-3-4-9-31(24)33/h3-9,11,13-15,18,20,23,25,29H,10,12,16-17,19,21H2,1-2H3,(H,35,37). The number of nitrogens with one attached hydrogen (secondary N) is 1. The lowest BCUT2D eigenvalue weighted by Crippen LogP contribution is -2.50. The Kier molecular flexibility index (Phi) is 6.46. The van der Waals surface area contributed by atoms with Crippen molar-refractivity contribution in [1.82, 2.24) is 4.90 Å². The van der Waals surface area contributed by atoms with E-state index in [9.17, 15) is 4.79 Å². The molecule has 37 heavy (non-hydrogen) atoms. The third kappa shape index (κ3) is 4.53. The van der Waals surface area contributed by atoms with Crippen molar-refractivity contribution in [3.63, 3.8) is 0 Å². The van der Waals surface area contributed by atoms with Gasteiger partial charge in [-0.05, 0) is 104 Å². The van der Waals surface area contributed by atoms with Gasteiger partial charge in [0.05, 0.1) is 0 Å². The molecular weight excluding hydrogens is 476 g/mol. The molecule has 1 aliphatic heterocycles. The van der Waals surface area contributed by atoms with Crippen LogP contribution in [0.1, 0.15) is 71.1 Å². The average molecular weight is 511 g/mol. The quantitative estimate of drug-likeness (QED) is 0.387. The summed E-state index contributed by atoms with van der Waals surface area (Å²) in [5, 5.41) is 3.58. The van der Waals surface area contributed by atoms with Crippen molar-refractivity contribution in [1.29, 1.82) is 0 Å². The minimum absolute atomic E-state index is 0.0972. The third-order valence-electron chi connectivity index (χ3n) is 9.20. The zero-order valence-electron chi connectivity index (χ0n) is 21.7. The molecule has 3 aromatic carbocycles. The first-order chi connectivity index (χ1) is 17.9. The molecule has 4 unspecified atom stereocenters. The Morgan fingerprint density at radius 3 is 2.73 bits per heavy atom. The van der Waals surface area contributed by atoms with Gasteiger partial charge in [0.15, 0.2) is 0 Å². The number of benzene rings is 3. The van der Waals surface area contributed by atoms with E-state index < -0.39 is 0 Å². The van der Waals surface area contributed by atoms with E-state index in [-0.39, 0.29) is 11.3 Å². The lowest BCUT2D eigenvalue weighted by Gasteiger charge is -2.46. The largest absolute Gasteiger partial charge is 0.322 e. The van der Waals surface area contributed by atoms with Gasteiger partial charge >= 0.3 is 0 Å². The number of hydrogen-bond acceptors (Lipinski definition) is 2. The number of aryl methyl sites for hydroxylation is 1. The van der Waals surface area contributed by atoms with Crippen LogP contribution in [0.4, 0.5) is 5.69 Å². The number of amides is 1. The van der Waals surface area contributed by atoms with Gasteiger partial charge in [-0.15, -0.1) is 0 Å². The van der Waals surface area contributed by atoms with E-state index in [2.05, 4.69) is 66.5 Å². The van der Waals surface area contributed by atoms with Gasteiger partial charge in [0, 0.05) is 34.3 Å². The van der Waals surface area contributed by atoms with E-state index >= 15 is 0 Å². The Morgan fingerprint density at radius 1 is 1.05 bits per heavy atom. The minimum atomic E-state index is -0.0972. The number of anilines is 1. The van der Waals surface area contributed by atoms with Crippen LogP contribution < -0.4 is 5.32 Å². The summed E-state index contributed by atoms with van der Waals surface area (Å²) < 4.78 is 0. The Bertz CT molecular complexity index is 1360. The van der Waals surface area contributed by atoms with Crippen LogP contribution in [-0.4, -0.2) is 29.9 Å². The van der Waals surface area contributed by atoms with Crippen LogP contribution >= 0.6 is 11.6 Å². The third-order valence-corrected chi connectivity index (χ3v) is 9.43. The van der Waals surface area contributed by atoms with Gasteiger partial charge in [0.25, 0.3) is 5.91 Å². The van der Waals surface area contributed by atoms with Crippen LogP contribution in [0.5, 0.6) is 0 Å². The highest BCUT2D eigenvalue weighted by atomic mass is 35.5. The predicted molar refractivity (Wildman–Crippen MR) is 153 cm³/mol. The van der Waals surface area contributed by atoms with E-state index in [4.69, 9.17) is 11.6 Å². The molecule has 1 amide bonds. The normalized spacial score (nSPS) is 26.9. The second-order valence-corrected chi connectivity index (χ2v) is 11.7. The van der Waals surface area contributed by atoms with Crippen LogP contribution in [0.15, 0.2) is 72.8 Å². The molecule has 2 fully saturated rings. The number of fused-ring (bicyclic) bond motifs is 2. The highest BCUT2D eigenvalue weighted by Gasteiger charge is 2.45. The predicted octanol–water partition coefficient (Wildman–Crippen LogP) is 7.84. The van der Waals surface area contributed by atoms with Crippen LogP contribution in [0.3, 0.4) is 0 Å². The van der Waals surface area contributed by atoms with Gasteiger partial charge in [0.2, 0.25) is 0 Å². The van der Waals surface area contributed by atoms with Crippen molar-refractivity contribution in [2.75, 3.05) is 18.4 Å². The van der Waals surface area contributed by atoms with E-state index in [0.717, 1.165) is 6.54 Å². The van der Waals surface area contributed by atoms with Crippen molar-refractivity contribution in [3.8, 4) is 0 Å². The van der Waals surface area contributed by atoms with Crippen molar-refractivity contribution >= 4 is 29.3 Å². The molecule has 3 nitrogen and oxygen atoms in total. The first-order valence-electron chi connectivity index (χ1n) is 13.6. The molecule has 2 aliphatic carbocycles. The minimum Gasteiger partial charge on any atom is -0.322 e. The molecule has 3 aliphatic rings. The first-order valence-corrected chi connectivity index (χ1v) is 14.0. The van der Waals surface area contributed by atoms with E-state index in [0.29, 0.717) is 34.2 Å². The highest BCUT2D eigenvalue weighted by molar-refractivity contribution is 6.31. The summed E-state index contributed by atoms with van der Waals surface area (Å²) in [5.74, 6) is 1.08. The number of hydrogen-bond donors (Lipinski definition) is 1. The van der Waals surface area contributed by atoms with Crippen molar-refractivity contribution in [2.24, 2.45) is 5.92 Å². The number of rotatable bonds is 4. The van der Waals surface area contributed by atoms with Crippen molar-refractivity contribution in [3.05, 3.63) is 106 Å². The Balaban J connectivity index is 1.10. The summed E-state index contributed by atoms with van der Waals surface area (Å²) in [7, 11) is 0. The molecule has 3 aromatic rings. The maximum absolute atomic E-state index is 12.8. The lowest BCUT2D eigenvalue weighted by molar-refractivity contribution is 0.0898. The van der Waals surface area contributed by atoms with Crippen molar-refractivity contribution in [2.45, 2.75) is 56.9 Å². The number of halogens is 1. The van der Waals surface area contributed by atoms with E-state index in [1.165, 1.54) is 54.5 Å². The number of allylic oxidation sites excluding steroid dienone is 1. The Labute approximate surface area is 225 Å². The molecule has 1 saturated heterocycles. The summed E-state index contributed by atoms with van der Waals surface area (Å²) in [4.78, 5) is 15.6. The average Bonchev–Trinajstić information content (AvgIpc) is 3.52. The van der Waals surface area contributed by atoms with Crippen molar-refractivity contribution < 1.29 is 4.79 Å². The summed E-state index contributed by atoms with van der Waals surface area (Å²) in [6.45, 7) is 6.93. The first kappa shape index (κ1) is 24.5. The van der Waals surface area contributed by atoms with Crippen LogP contribution in [-0.2, 0) is 5.41 Å². The molecule has 1 saturated carbocycles. The zero-order chi connectivity index (χ0) is 25.6. The smallest absolute Gasteiger partial charge is 0.255 e. The molecule has 1 N–H and O–H groups in total. The SMILES string of the molecule is Cc1cc(C(=O)Nc2cccc(Cl)c2)ccc1C1CCC(N2CCC3(C=Cc4ccccc43)C(C)C2)C1. The van der Waals surface area contributed by atoms with Crippen LogP contribution in [0.25, 0.3) is 6.08 Å². The van der Waals surface area contributed by atoms with Gasteiger partial charge in [-0.2, -0.15) is 0 Å². The maximum atomic E-state index is 12.8. The Hall–Kier alpha value is -2.88. The molecular formula is C33H35ClN2O. The monoisotopic (exact) mass is 510 g/mol. The van der Waals surface area contributed by atoms with Gasteiger partial charge in [-0.25, -0.2) is 0 Å². The molecule has 4 atom stereocenters. The van der Waals surface area contributed by atoms with Gasteiger partial charge < -0.3 is 10.2 Å². The number of nitrogens with zero attached hydrogens (tertiary/aromatic N) is 1. The second kappa shape index (κ2) is 9.78. The molecule has 0 bridgehead atoms. The van der Waals surface area contributed by atoms with Gasteiger partial charge in [0.1, 0.15) is 0 Å². The summed E-state index contributed by atoms with van der Waals surface area (Å²) >= 11 is 6.06. The van der Waals surface area contributed by atoms with Gasteiger partial charge in [-0.1, -0.05) is 67.1 Å². The topological polar surface area (TPSA) is 32.3 Å². The molecule has 1 spiro atoms. The summed E-state index contributed by atoms with van der Waals surface area (Å²) in [6, 6.07) is 23.1. The molecule has 0 radical (unpaired) electrons. The highest BCUT2D eigenvalue weighted by Crippen LogP contribution is 2.48.